The monoisotopic (exact) mass is 242 g/mol. The van der Waals surface area contributed by atoms with Crippen molar-refractivity contribution in [1.29, 1.82) is 0 Å². The number of rotatable bonds is 6. The lowest BCUT2D eigenvalue weighted by Gasteiger charge is -2.00. The third-order valence-corrected chi connectivity index (χ3v) is 1.65. The Hall–Kier alpha value is -1.72. The summed E-state index contributed by atoms with van der Waals surface area (Å²) in [6.45, 7) is 7.19. The van der Waals surface area contributed by atoms with Crippen LogP contribution >= 0.6 is 0 Å². The Balaban J connectivity index is 4.34. The first-order chi connectivity index (χ1) is 8.01. The Morgan fingerprint density at radius 2 is 1.59 bits per heavy atom. The summed E-state index contributed by atoms with van der Waals surface area (Å²) in [5.74, 6) is -0.877. The molecule has 0 saturated carbocycles. The molecule has 0 aliphatic rings. The second kappa shape index (κ2) is 8.43. The molecule has 96 valence electrons. The lowest BCUT2D eigenvalue weighted by Crippen LogP contribution is -2.14. The normalized spacial score (nSPS) is 12.2. The standard InChI is InChI=1S/C11H18N2O4/c1-5-16-10(14)7-8(3)12-13-9(4)11(15)17-6-2/h5-7H2,1-4H3/b12-8-,13-9-. The van der Waals surface area contributed by atoms with Crippen LogP contribution in [0.25, 0.3) is 0 Å². The average molecular weight is 242 g/mol. The van der Waals surface area contributed by atoms with E-state index < -0.39 is 5.97 Å². The molecule has 0 unspecified atom stereocenters. The van der Waals surface area contributed by atoms with Crippen molar-refractivity contribution in [3.05, 3.63) is 0 Å². The SMILES string of the molecule is CCOC(=O)C/C(C)=N\N=C(\C)C(=O)OCC. The molecule has 0 radical (unpaired) electrons. The summed E-state index contributed by atoms with van der Waals surface area (Å²) >= 11 is 0. The molecular weight excluding hydrogens is 224 g/mol. The molecule has 0 aromatic carbocycles. The summed E-state index contributed by atoms with van der Waals surface area (Å²) in [6, 6.07) is 0. The Kier molecular flexibility index (Phi) is 7.58. The highest BCUT2D eigenvalue weighted by molar-refractivity contribution is 6.35. The van der Waals surface area contributed by atoms with E-state index in [-0.39, 0.29) is 24.7 Å². The van der Waals surface area contributed by atoms with Crippen LogP contribution in [-0.4, -0.2) is 36.6 Å². The van der Waals surface area contributed by atoms with Crippen molar-refractivity contribution >= 4 is 23.4 Å². The first-order valence-electron chi connectivity index (χ1n) is 5.41. The predicted molar refractivity (Wildman–Crippen MR) is 64.1 cm³/mol. The Morgan fingerprint density at radius 3 is 2.12 bits per heavy atom. The second-order valence-corrected chi connectivity index (χ2v) is 3.22. The second-order valence-electron chi connectivity index (χ2n) is 3.22. The topological polar surface area (TPSA) is 77.3 Å². The van der Waals surface area contributed by atoms with Crippen LogP contribution in [0.15, 0.2) is 10.2 Å². The first kappa shape index (κ1) is 15.3. The quantitative estimate of drug-likeness (QED) is 0.400. The maximum absolute atomic E-state index is 11.2. The fourth-order valence-corrected chi connectivity index (χ4v) is 0.893. The van der Waals surface area contributed by atoms with Gasteiger partial charge in [-0.25, -0.2) is 4.79 Å². The van der Waals surface area contributed by atoms with Crippen molar-refractivity contribution in [3.63, 3.8) is 0 Å². The molecule has 0 saturated heterocycles. The molecule has 17 heavy (non-hydrogen) atoms. The lowest BCUT2D eigenvalue weighted by atomic mass is 10.3. The minimum absolute atomic E-state index is 0.0629. The molecule has 0 amide bonds. The number of carbonyl (C=O) groups is 2. The van der Waals surface area contributed by atoms with Gasteiger partial charge in [0, 0.05) is 5.71 Å². The van der Waals surface area contributed by atoms with Gasteiger partial charge in [0.15, 0.2) is 0 Å². The Morgan fingerprint density at radius 1 is 1.00 bits per heavy atom. The van der Waals surface area contributed by atoms with Gasteiger partial charge in [-0.05, 0) is 27.7 Å². The van der Waals surface area contributed by atoms with Crippen LogP contribution in [0.2, 0.25) is 0 Å². The molecule has 0 fully saturated rings. The summed E-state index contributed by atoms with van der Waals surface area (Å²) in [5.41, 5.74) is 0.627. The van der Waals surface area contributed by atoms with Crippen molar-refractivity contribution < 1.29 is 19.1 Å². The molecule has 0 aromatic rings. The predicted octanol–water partition coefficient (Wildman–Crippen LogP) is 1.34. The third-order valence-electron chi connectivity index (χ3n) is 1.65. The summed E-state index contributed by atoms with van der Waals surface area (Å²) < 4.78 is 9.47. The van der Waals surface area contributed by atoms with Gasteiger partial charge in [-0.2, -0.15) is 5.10 Å². The van der Waals surface area contributed by atoms with Crippen LogP contribution in [0.1, 0.15) is 34.1 Å². The molecule has 6 nitrogen and oxygen atoms in total. The third kappa shape index (κ3) is 7.21. The number of hydrogen-bond acceptors (Lipinski definition) is 6. The van der Waals surface area contributed by atoms with Gasteiger partial charge in [0.25, 0.3) is 0 Å². The summed E-state index contributed by atoms with van der Waals surface area (Å²) in [7, 11) is 0. The zero-order valence-electron chi connectivity index (χ0n) is 10.6. The van der Waals surface area contributed by atoms with Gasteiger partial charge in [0.2, 0.25) is 0 Å². The molecule has 0 heterocycles. The maximum atomic E-state index is 11.2. The van der Waals surface area contributed by atoms with Gasteiger partial charge >= 0.3 is 11.9 Å². The van der Waals surface area contributed by atoms with E-state index in [1.54, 1.807) is 20.8 Å². The largest absolute Gasteiger partial charge is 0.466 e. The van der Waals surface area contributed by atoms with E-state index in [0.29, 0.717) is 12.3 Å². The molecule has 0 N–H and O–H groups in total. The zero-order valence-corrected chi connectivity index (χ0v) is 10.6. The van der Waals surface area contributed by atoms with Crippen LogP contribution in [-0.2, 0) is 19.1 Å². The molecule has 0 aliphatic heterocycles. The van der Waals surface area contributed by atoms with Crippen LogP contribution < -0.4 is 0 Å². The number of esters is 2. The van der Waals surface area contributed by atoms with Gasteiger partial charge in [-0.1, -0.05) is 0 Å². The number of hydrogen-bond donors (Lipinski definition) is 0. The fourth-order valence-electron chi connectivity index (χ4n) is 0.893. The highest BCUT2D eigenvalue weighted by atomic mass is 16.5. The van der Waals surface area contributed by atoms with Gasteiger partial charge in [0.1, 0.15) is 5.71 Å². The number of carbonyl (C=O) groups excluding carboxylic acids is 2. The summed E-state index contributed by atoms with van der Waals surface area (Å²) in [5, 5.41) is 7.43. The van der Waals surface area contributed by atoms with E-state index in [1.807, 2.05) is 0 Å². The maximum Gasteiger partial charge on any atom is 0.354 e. The van der Waals surface area contributed by atoms with Crippen LogP contribution in [0.4, 0.5) is 0 Å². The van der Waals surface area contributed by atoms with E-state index >= 15 is 0 Å². The van der Waals surface area contributed by atoms with Gasteiger partial charge in [-0.15, -0.1) is 5.10 Å². The average Bonchev–Trinajstić information content (AvgIpc) is 2.26. The van der Waals surface area contributed by atoms with Crippen molar-refractivity contribution in [2.75, 3.05) is 13.2 Å². The van der Waals surface area contributed by atoms with E-state index in [9.17, 15) is 9.59 Å². The van der Waals surface area contributed by atoms with Crippen molar-refractivity contribution in [1.82, 2.24) is 0 Å². The molecular formula is C11H18N2O4. The highest BCUT2D eigenvalue weighted by Gasteiger charge is 2.07. The highest BCUT2D eigenvalue weighted by Crippen LogP contribution is 1.93. The Labute approximate surface area is 101 Å². The molecule has 0 rings (SSSR count). The van der Waals surface area contributed by atoms with Crippen LogP contribution in [0.5, 0.6) is 0 Å². The van der Waals surface area contributed by atoms with E-state index in [0.717, 1.165) is 0 Å². The van der Waals surface area contributed by atoms with Crippen molar-refractivity contribution in [3.8, 4) is 0 Å². The van der Waals surface area contributed by atoms with E-state index in [1.165, 1.54) is 6.92 Å². The van der Waals surface area contributed by atoms with E-state index in [4.69, 9.17) is 9.47 Å². The molecule has 6 heteroatoms. The van der Waals surface area contributed by atoms with Crippen molar-refractivity contribution in [2.45, 2.75) is 34.1 Å². The molecule has 0 spiro atoms. The molecule has 0 atom stereocenters. The Bertz CT molecular complexity index is 334. The van der Waals surface area contributed by atoms with Crippen LogP contribution in [0.3, 0.4) is 0 Å². The first-order valence-corrected chi connectivity index (χ1v) is 5.41. The van der Waals surface area contributed by atoms with E-state index in [2.05, 4.69) is 10.2 Å². The smallest absolute Gasteiger partial charge is 0.354 e. The van der Waals surface area contributed by atoms with Gasteiger partial charge in [-0.3, -0.25) is 4.79 Å². The lowest BCUT2D eigenvalue weighted by molar-refractivity contribution is -0.141. The number of ether oxygens (including phenoxy) is 2. The summed E-state index contributed by atoms with van der Waals surface area (Å²) in [4.78, 5) is 22.3. The molecule has 0 aliphatic carbocycles. The van der Waals surface area contributed by atoms with Crippen molar-refractivity contribution in [2.24, 2.45) is 10.2 Å². The molecule has 0 bridgehead atoms. The zero-order chi connectivity index (χ0) is 13.3. The minimum atomic E-state index is -0.514. The van der Waals surface area contributed by atoms with Gasteiger partial charge in [0.05, 0.1) is 19.6 Å². The van der Waals surface area contributed by atoms with Gasteiger partial charge < -0.3 is 9.47 Å². The fraction of sp³-hybridized carbons (Fsp3) is 0.636. The minimum Gasteiger partial charge on any atom is -0.466 e. The molecule has 0 aromatic heterocycles. The summed E-state index contributed by atoms with van der Waals surface area (Å²) in [6.07, 6.45) is 0.0629. The number of nitrogens with zero attached hydrogens (tertiary/aromatic N) is 2. The van der Waals surface area contributed by atoms with Crippen LogP contribution in [0, 0.1) is 0 Å².